The summed E-state index contributed by atoms with van der Waals surface area (Å²) in [5.74, 6) is -1.26. The average molecular weight is 344 g/mol. The maximum atomic E-state index is 13.1. The molecule has 1 aromatic rings. The van der Waals surface area contributed by atoms with Crippen molar-refractivity contribution in [1.29, 1.82) is 0 Å². The molecule has 1 rings (SSSR count). The summed E-state index contributed by atoms with van der Waals surface area (Å²) in [7, 11) is 0. The maximum Gasteiger partial charge on any atom is 0.227 e. The van der Waals surface area contributed by atoms with Crippen molar-refractivity contribution in [2.75, 3.05) is 0 Å². The van der Waals surface area contributed by atoms with E-state index in [1.54, 1.807) is 0 Å². The molecule has 0 fully saturated rings. The molecule has 0 aliphatic heterocycles. The van der Waals surface area contributed by atoms with Crippen LogP contribution >= 0.6 is 15.9 Å². The Kier molecular flexibility index (Phi) is 6.01. The smallest absolute Gasteiger partial charge is 0.227 e. The highest BCUT2D eigenvalue weighted by molar-refractivity contribution is 9.10. The maximum absolute atomic E-state index is 13.1. The molecule has 108 valence electrons. The molecular weight excluding hydrogens is 329 g/mol. The van der Waals surface area contributed by atoms with E-state index in [9.17, 15) is 18.8 Å². The molecule has 1 amide bonds. The van der Waals surface area contributed by atoms with E-state index in [1.165, 1.54) is 32.0 Å². The summed E-state index contributed by atoms with van der Waals surface area (Å²) >= 11 is 3.21. The summed E-state index contributed by atoms with van der Waals surface area (Å²) in [6.07, 6.45) is -0.166. The Hall–Kier alpha value is -1.56. The second-order valence-corrected chi connectivity index (χ2v) is 5.43. The minimum Gasteiger partial charge on any atom is -0.348 e. The van der Waals surface area contributed by atoms with Crippen molar-refractivity contribution >= 4 is 33.4 Å². The minimum atomic E-state index is -0.589. The number of benzene rings is 1. The molecule has 0 aliphatic carbocycles. The lowest BCUT2D eigenvalue weighted by Gasteiger charge is -2.19. The van der Waals surface area contributed by atoms with Gasteiger partial charge in [-0.05, 0) is 31.5 Å². The topological polar surface area (TPSA) is 63.2 Å². The van der Waals surface area contributed by atoms with Gasteiger partial charge in [0.2, 0.25) is 5.91 Å². The van der Waals surface area contributed by atoms with Gasteiger partial charge >= 0.3 is 0 Å². The van der Waals surface area contributed by atoms with Crippen LogP contribution in [0.15, 0.2) is 22.7 Å². The Labute approximate surface area is 124 Å². The summed E-state index contributed by atoms with van der Waals surface area (Å²) in [6.45, 7) is 2.72. The summed E-state index contributed by atoms with van der Waals surface area (Å²) in [6, 6.07) is 3.43. The van der Waals surface area contributed by atoms with Gasteiger partial charge in [-0.2, -0.15) is 0 Å². The molecule has 4 nitrogen and oxygen atoms in total. The standard InChI is InChI=1S/C14H15BrFNO3/c1-8(18)5-13(17-14(20)6-9(2)19)11-4-3-10(16)7-12(11)15/h3-4,7,13H,5-6H2,1-2H3,(H,17,20)/t13-/m1/s1. The highest BCUT2D eigenvalue weighted by atomic mass is 79.9. The van der Waals surface area contributed by atoms with Crippen LogP contribution in [0.4, 0.5) is 4.39 Å². The first-order chi connectivity index (χ1) is 9.29. The summed E-state index contributed by atoms with van der Waals surface area (Å²) in [5.41, 5.74) is 0.596. The molecule has 0 heterocycles. The number of ketones is 2. The van der Waals surface area contributed by atoms with Crippen molar-refractivity contribution in [1.82, 2.24) is 5.32 Å². The SMILES string of the molecule is CC(=O)CC(=O)N[C@H](CC(C)=O)c1ccc(F)cc1Br. The number of hydrogen-bond donors (Lipinski definition) is 1. The fourth-order valence-corrected chi connectivity index (χ4v) is 2.41. The van der Waals surface area contributed by atoms with E-state index in [0.717, 1.165) is 0 Å². The van der Waals surface area contributed by atoms with Crippen molar-refractivity contribution < 1.29 is 18.8 Å². The Morgan fingerprint density at radius 2 is 1.90 bits per heavy atom. The zero-order chi connectivity index (χ0) is 15.3. The van der Waals surface area contributed by atoms with Crippen LogP contribution in [0, 0.1) is 5.82 Å². The molecule has 0 unspecified atom stereocenters. The largest absolute Gasteiger partial charge is 0.348 e. The second kappa shape index (κ2) is 7.28. The molecule has 0 aromatic heterocycles. The van der Waals surface area contributed by atoms with Crippen LogP contribution in [-0.4, -0.2) is 17.5 Å². The molecule has 0 bridgehead atoms. The van der Waals surface area contributed by atoms with E-state index in [4.69, 9.17) is 0 Å². The third kappa shape index (κ3) is 5.21. The molecule has 1 N–H and O–H groups in total. The molecule has 0 saturated heterocycles. The number of hydrogen-bond acceptors (Lipinski definition) is 3. The van der Waals surface area contributed by atoms with E-state index in [1.807, 2.05) is 0 Å². The molecule has 1 aromatic carbocycles. The lowest BCUT2D eigenvalue weighted by atomic mass is 10.0. The van der Waals surface area contributed by atoms with E-state index in [-0.39, 0.29) is 24.4 Å². The van der Waals surface area contributed by atoms with Gasteiger partial charge < -0.3 is 5.32 Å². The predicted octanol–water partition coefficient (Wildman–Crippen LogP) is 2.70. The van der Waals surface area contributed by atoms with E-state index < -0.39 is 17.8 Å². The van der Waals surface area contributed by atoms with Crippen molar-refractivity contribution in [3.63, 3.8) is 0 Å². The van der Waals surface area contributed by atoms with Gasteiger partial charge in [0.05, 0.1) is 12.5 Å². The van der Waals surface area contributed by atoms with Crippen LogP contribution in [0.3, 0.4) is 0 Å². The summed E-state index contributed by atoms with van der Waals surface area (Å²) in [5, 5.41) is 2.62. The number of amides is 1. The van der Waals surface area contributed by atoms with Crippen LogP contribution in [0.2, 0.25) is 0 Å². The quantitative estimate of drug-likeness (QED) is 0.807. The van der Waals surface area contributed by atoms with Gasteiger partial charge in [0.1, 0.15) is 17.4 Å². The Bertz CT molecular complexity index is 545. The molecule has 0 saturated carbocycles. The van der Waals surface area contributed by atoms with Crippen LogP contribution in [0.25, 0.3) is 0 Å². The van der Waals surface area contributed by atoms with Gasteiger partial charge in [-0.25, -0.2) is 4.39 Å². The molecule has 6 heteroatoms. The Balaban J connectivity index is 2.96. The average Bonchev–Trinajstić information content (AvgIpc) is 2.25. The Morgan fingerprint density at radius 1 is 1.25 bits per heavy atom. The van der Waals surface area contributed by atoms with E-state index >= 15 is 0 Å². The molecule has 0 spiro atoms. The fraction of sp³-hybridized carbons (Fsp3) is 0.357. The fourth-order valence-electron chi connectivity index (χ4n) is 1.78. The van der Waals surface area contributed by atoms with Gasteiger partial charge in [-0.3, -0.25) is 14.4 Å². The molecule has 1 atom stereocenters. The van der Waals surface area contributed by atoms with Gasteiger partial charge in [0, 0.05) is 10.9 Å². The number of carbonyl (C=O) groups excluding carboxylic acids is 3. The molecule has 20 heavy (non-hydrogen) atoms. The van der Waals surface area contributed by atoms with Gasteiger partial charge in [0.15, 0.2) is 0 Å². The Morgan fingerprint density at radius 3 is 2.40 bits per heavy atom. The van der Waals surface area contributed by atoms with E-state index in [2.05, 4.69) is 21.2 Å². The van der Waals surface area contributed by atoms with Crippen LogP contribution < -0.4 is 5.32 Å². The van der Waals surface area contributed by atoms with Crippen molar-refractivity contribution in [3.05, 3.63) is 34.1 Å². The highest BCUT2D eigenvalue weighted by Crippen LogP contribution is 2.27. The summed E-state index contributed by atoms with van der Waals surface area (Å²) < 4.78 is 13.5. The van der Waals surface area contributed by atoms with Gasteiger partial charge in [-0.1, -0.05) is 22.0 Å². The first kappa shape index (κ1) is 16.5. The summed E-state index contributed by atoms with van der Waals surface area (Å²) in [4.78, 5) is 33.9. The normalized spacial score (nSPS) is 11.8. The first-order valence-corrected chi connectivity index (χ1v) is 6.82. The second-order valence-electron chi connectivity index (χ2n) is 4.57. The lowest BCUT2D eigenvalue weighted by molar-refractivity contribution is -0.127. The number of rotatable bonds is 6. The number of Topliss-reactive ketones (excluding diaryl/α,β-unsaturated/α-hetero) is 2. The van der Waals surface area contributed by atoms with Gasteiger partial charge in [0.25, 0.3) is 0 Å². The molecule has 0 aliphatic rings. The minimum absolute atomic E-state index is 0.0773. The van der Waals surface area contributed by atoms with Crippen molar-refractivity contribution in [2.45, 2.75) is 32.7 Å². The predicted molar refractivity (Wildman–Crippen MR) is 75.6 cm³/mol. The monoisotopic (exact) mass is 343 g/mol. The molecule has 0 radical (unpaired) electrons. The van der Waals surface area contributed by atoms with Crippen LogP contribution in [0.1, 0.15) is 38.3 Å². The lowest BCUT2D eigenvalue weighted by Crippen LogP contribution is -2.31. The highest BCUT2D eigenvalue weighted by Gasteiger charge is 2.19. The zero-order valence-corrected chi connectivity index (χ0v) is 12.8. The third-order valence-corrected chi connectivity index (χ3v) is 3.26. The number of nitrogens with one attached hydrogen (secondary N) is 1. The number of halogens is 2. The van der Waals surface area contributed by atoms with Gasteiger partial charge in [-0.15, -0.1) is 0 Å². The third-order valence-electron chi connectivity index (χ3n) is 2.57. The molecular formula is C14H15BrFNO3. The zero-order valence-electron chi connectivity index (χ0n) is 11.2. The van der Waals surface area contributed by atoms with Crippen molar-refractivity contribution in [2.24, 2.45) is 0 Å². The van der Waals surface area contributed by atoms with Crippen molar-refractivity contribution in [3.8, 4) is 0 Å². The van der Waals surface area contributed by atoms with Crippen LogP contribution in [-0.2, 0) is 14.4 Å². The van der Waals surface area contributed by atoms with Crippen LogP contribution in [0.5, 0.6) is 0 Å². The van der Waals surface area contributed by atoms with E-state index in [0.29, 0.717) is 10.0 Å². The number of carbonyl (C=O) groups is 3. The first-order valence-electron chi connectivity index (χ1n) is 6.02.